The lowest BCUT2D eigenvalue weighted by Crippen LogP contribution is -2.56. The van der Waals surface area contributed by atoms with E-state index in [-0.39, 0.29) is 25.7 Å². The van der Waals surface area contributed by atoms with Gasteiger partial charge in [0.1, 0.15) is 11.6 Å². The minimum Gasteiger partial charge on any atom is -0.491 e. The van der Waals surface area contributed by atoms with Crippen molar-refractivity contribution in [1.82, 2.24) is 14.8 Å². The third-order valence-electron chi connectivity index (χ3n) is 4.31. The van der Waals surface area contributed by atoms with Crippen molar-refractivity contribution >= 4 is 18.0 Å². The molecule has 2 aliphatic heterocycles. The van der Waals surface area contributed by atoms with Crippen LogP contribution in [-0.4, -0.2) is 76.0 Å². The van der Waals surface area contributed by atoms with Crippen molar-refractivity contribution in [3.63, 3.8) is 0 Å². The van der Waals surface area contributed by atoms with Crippen LogP contribution in [0.5, 0.6) is 5.75 Å². The molecule has 0 saturated carbocycles. The lowest BCUT2D eigenvalue weighted by molar-refractivity contribution is 0.0622. The molecule has 0 aromatic carbocycles. The van der Waals surface area contributed by atoms with E-state index in [2.05, 4.69) is 10.3 Å². The van der Waals surface area contributed by atoms with Crippen LogP contribution in [0.3, 0.4) is 0 Å². The van der Waals surface area contributed by atoms with Gasteiger partial charge in [0.05, 0.1) is 18.3 Å². The zero-order valence-corrected chi connectivity index (χ0v) is 13.1. The van der Waals surface area contributed by atoms with Crippen molar-refractivity contribution in [2.75, 3.05) is 38.1 Å². The van der Waals surface area contributed by atoms with Crippen LogP contribution in [0.25, 0.3) is 0 Å². The summed E-state index contributed by atoms with van der Waals surface area (Å²) in [7, 11) is 0. The van der Waals surface area contributed by atoms with Crippen molar-refractivity contribution < 1.29 is 24.5 Å². The fraction of sp³-hybridized carbons (Fsp3) is 0.533. The predicted molar refractivity (Wildman–Crippen MR) is 84.7 cm³/mol. The van der Waals surface area contributed by atoms with Gasteiger partial charge < -0.3 is 30.1 Å². The third kappa shape index (κ3) is 3.44. The minimum absolute atomic E-state index is 0.189. The number of aromatic nitrogens is 1. The van der Waals surface area contributed by atoms with Crippen LogP contribution in [0.4, 0.5) is 15.4 Å². The van der Waals surface area contributed by atoms with Gasteiger partial charge >= 0.3 is 12.2 Å². The van der Waals surface area contributed by atoms with Crippen LogP contribution in [0, 0.1) is 0 Å². The Morgan fingerprint density at radius 3 is 2.88 bits per heavy atom. The molecule has 1 aromatic rings. The fourth-order valence-electron chi connectivity index (χ4n) is 3.05. The molecule has 24 heavy (non-hydrogen) atoms. The Morgan fingerprint density at radius 1 is 1.29 bits per heavy atom. The number of hydrogen-bond donors (Lipinski definition) is 3. The summed E-state index contributed by atoms with van der Waals surface area (Å²) in [5.41, 5.74) is 0.918. The van der Waals surface area contributed by atoms with E-state index in [9.17, 15) is 14.7 Å². The Morgan fingerprint density at radius 2 is 2.12 bits per heavy atom. The molecule has 1 atom stereocenters. The average Bonchev–Trinajstić information content (AvgIpc) is 3.02. The number of nitrogens with zero attached hydrogens (tertiary/aromatic N) is 3. The van der Waals surface area contributed by atoms with Gasteiger partial charge in [-0.2, -0.15) is 0 Å². The average molecular weight is 336 g/mol. The molecule has 3 heterocycles. The van der Waals surface area contributed by atoms with Gasteiger partial charge in [-0.3, -0.25) is 0 Å². The second kappa shape index (κ2) is 6.81. The third-order valence-corrected chi connectivity index (χ3v) is 4.31. The summed E-state index contributed by atoms with van der Waals surface area (Å²) >= 11 is 0. The first-order valence-electron chi connectivity index (χ1n) is 7.88. The van der Waals surface area contributed by atoms with Gasteiger partial charge in [0.2, 0.25) is 0 Å². The highest BCUT2D eigenvalue weighted by atomic mass is 16.5. The largest absolute Gasteiger partial charge is 0.491 e. The van der Waals surface area contributed by atoms with Crippen LogP contribution in [0.15, 0.2) is 12.1 Å². The molecule has 1 aromatic heterocycles. The highest BCUT2D eigenvalue weighted by Gasteiger charge is 2.32. The van der Waals surface area contributed by atoms with E-state index in [0.29, 0.717) is 25.4 Å². The number of amides is 2. The summed E-state index contributed by atoms with van der Waals surface area (Å²) in [6.45, 7) is 1.74. The zero-order valence-electron chi connectivity index (χ0n) is 13.1. The standard InChI is InChI=1S/C15H20N4O5/c20-14(21)18-6-7-19(15(22)23)10(9-18)3-5-16-13-2-1-12-11(17-13)4-8-24-12/h1-2,10H,3-9H2,(H,16,17)(H,20,21)(H,22,23)/t10-/m1/s1. The number of nitrogens with one attached hydrogen (secondary N) is 1. The van der Waals surface area contributed by atoms with E-state index in [1.807, 2.05) is 12.1 Å². The summed E-state index contributed by atoms with van der Waals surface area (Å²) in [4.78, 5) is 29.5. The molecule has 0 spiro atoms. The van der Waals surface area contributed by atoms with Gasteiger partial charge in [-0.15, -0.1) is 0 Å². The highest BCUT2D eigenvalue weighted by molar-refractivity contribution is 5.68. The summed E-state index contributed by atoms with van der Waals surface area (Å²) in [6, 6.07) is 3.33. The lowest BCUT2D eigenvalue weighted by atomic mass is 10.1. The van der Waals surface area contributed by atoms with Crippen molar-refractivity contribution in [2.24, 2.45) is 0 Å². The number of hydrogen-bond acceptors (Lipinski definition) is 5. The van der Waals surface area contributed by atoms with Crippen LogP contribution in [0.2, 0.25) is 0 Å². The predicted octanol–water partition coefficient (Wildman–Crippen LogP) is 1.16. The molecule has 0 unspecified atom stereocenters. The Hall–Kier alpha value is -2.71. The summed E-state index contributed by atoms with van der Waals surface area (Å²) in [5, 5.41) is 21.5. The van der Waals surface area contributed by atoms with E-state index in [1.54, 1.807) is 0 Å². The smallest absolute Gasteiger partial charge is 0.407 e. The normalized spacial score (nSPS) is 19.6. The van der Waals surface area contributed by atoms with Crippen molar-refractivity contribution in [3.05, 3.63) is 17.8 Å². The molecule has 0 bridgehead atoms. The van der Waals surface area contributed by atoms with Crippen molar-refractivity contribution in [2.45, 2.75) is 18.9 Å². The SMILES string of the molecule is O=C(O)N1CCN(C(=O)O)[C@H](CCNc2ccc3c(n2)CCO3)C1. The molecule has 9 heteroatoms. The Labute approximate surface area is 138 Å². The topological polar surface area (TPSA) is 115 Å². The quantitative estimate of drug-likeness (QED) is 0.755. The molecule has 2 aliphatic rings. The maximum absolute atomic E-state index is 11.3. The molecule has 130 valence electrons. The number of carbonyl (C=O) groups is 2. The molecule has 2 amide bonds. The van der Waals surface area contributed by atoms with Crippen LogP contribution in [0.1, 0.15) is 12.1 Å². The molecule has 3 rings (SSSR count). The minimum atomic E-state index is -1.02. The maximum Gasteiger partial charge on any atom is 0.407 e. The molecule has 1 saturated heterocycles. The molecular weight excluding hydrogens is 316 g/mol. The first-order valence-corrected chi connectivity index (χ1v) is 7.88. The second-order valence-electron chi connectivity index (χ2n) is 5.81. The summed E-state index contributed by atoms with van der Waals surface area (Å²) in [6.07, 6.45) is -0.741. The number of ether oxygens (including phenoxy) is 1. The van der Waals surface area contributed by atoms with E-state index in [1.165, 1.54) is 9.80 Å². The zero-order chi connectivity index (χ0) is 17.1. The van der Waals surface area contributed by atoms with Crippen molar-refractivity contribution in [1.29, 1.82) is 0 Å². The number of piperazine rings is 1. The Balaban J connectivity index is 1.56. The van der Waals surface area contributed by atoms with Gasteiger partial charge in [0.25, 0.3) is 0 Å². The first kappa shape index (κ1) is 16.2. The molecule has 0 aliphatic carbocycles. The number of carboxylic acid groups (broad SMARTS) is 2. The van der Waals surface area contributed by atoms with E-state index >= 15 is 0 Å². The second-order valence-corrected chi connectivity index (χ2v) is 5.81. The molecular formula is C15H20N4O5. The van der Waals surface area contributed by atoms with Crippen LogP contribution in [-0.2, 0) is 6.42 Å². The lowest BCUT2D eigenvalue weighted by Gasteiger charge is -2.38. The molecule has 1 fully saturated rings. The highest BCUT2D eigenvalue weighted by Crippen LogP contribution is 2.24. The van der Waals surface area contributed by atoms with E-state index in [4.69, 9.17) is 9.84 Å². The maximum atomic E-state index is 11.3. The van der Waals surface area contributed by atoms with Crippen LogP contribution < -0.4 is 10.1 Å². The number of pyridine rings is 1. The summed E-state index contributed by atoms with van der Waals surface area (Å²) < 4.78 is 5.40. The number of rotatable bonds is 4. The van der Waals surface area contributed by atoms with Crippen LogP contribution >= 0.6 is 0 Å². The van der Waals surface area contributed by atoms with E-state index < -0.39 is 12.2 Å². The molecule has 9 nitrogen and oxygen atoms in total. The monoisotopic (exact) mass is 336 g/mol. The van der Waals surface area contributed by atoms with Crippen molar-refractivity contribution in [3.8, 4) is 5.75 Å². The van der Waals surface area contributed by atoms with Gasteiger partial charge in [0.15, 0.2) is 0 Å². The Bertz CT molecular complexity index is 638. The molecule has 0 radical (unpaired) electrons. The fourth-order valence-corrected chi connectivity index (χ4v) is 3.05. The number of fused-ring (bicyclic) bond motifs is 1. The molecule has 3 N–H and O–H groups in total. The first-order chi connectivity index (χ1) is 11.5. The van der Waals surface area contributed by atoms with E-state index in [0.717, 1.165) is 17.9 Å². The summed E-state index contributed by atoms with van der Waals surface area (Å²) in [5.74, 6) is 1.52. The van der Waals surface area contributed by atoms with Gasteiger partial charge in [-0.1, -0.05) is 0 Å². The Kier molecular flexibility index (Phi) is 4.59. The van der Waals surface area contributed by atoms with Gasteiger partial charge in [-0.25, -0.2) is 14.6 Å². The van der Waals surface area contributed by atoms with Gasteiger partial charge in [0, 0.05) is 32.6 Å². The van der Waals surface area contributed by atoms with Gasteiger partial charge in [-0.05, 0) is 18.6 Å². The number of anilines is 1.